The van der Waals surface area contributed by atoms with Crippen LogP contribution >= 0.6 is 0 Å². The predicted molar refractivity (Wildman–Crippen MR) is 121 cm³/mol. The first-order chi connectivity index (χ1) is 15.5. The van der Waals surface area contributed by atoms with Crippen molar-refractivity contribution >= 4 is 29.0 Å². The summed E-state index contributed by atoms with van der Waals surface area (Å²) in [5.41, 5.74) is 2.69. The number of pyridine rings is 1. The van der Waals surface area contributed by atoms with Crippen molar-refractivity contribution in [1.29, 1.82) is 0 Å². The van der Waals surface area contributed by atoms with Gasteiger partial charge in [-0.05, 0) is 42.7 Å². The summed E-state index contributed by atoms with van der Waals surface area (Å²) in [5, 5.41) is 5.53. The van der Waals surface area contributed by atoms with Crippen LogP contribution in [0.3, 0.4) is 0 Å². The van der Waals surface area contributed by atoms with E-state index in [-0.39, 0.29) is 23.7 Å². The zero-order chi connectivity index (χ0) is 22.2. The molecule has 2 aromatic rings. The molecule has 5 rings (SSSR count). The quantitative estimate of drug-likeness (QED) is 0.758. The molecular weight excluding hydrogens is 411 g/mol. The highest BCUT2D eigenvalue weighted by Gasteiger charge is 2.37. The maximum absolute atomic E-state index is 14.6. The van der Waals surface area contributed by atoms with E-state index in [0.29, 0.717) is 24.3 Å². The van der Waals surface area contributed by atoms with Crippen LogP contribution in [-0.2, 0) is 11.3 Å². The van der Waals surface area contributed by atoms with Crippen LogP contribution in [0.5, 0.6) is 0 Å². The third-order valence-corrected chi connectivity index (χ3v) is 6.56. The average Bonchev–Trinajstić information content (AvgIpc) is 3.30. The Morgan fingerprint density at radius 3 is 2.78 bits per heavy atom. The second-order valence-electron chi connectivity index (χ2n) is 8.56. The Morgan fingerprint density at radius 2 is 2.03 bits per heavy atom. The summed E-state index contributed by atoms with van der Waals surface area (Å²) < 4.78 is 14.6. The normalized spacial score (nSPS) is 20.6. The van der Waals surface area contributed by atoms with Crippen molar-refractivity contribution in [3.8, 4) is 0 Å². The fraction of sp³-hybridized carbons (Fsp3) is 0.435. The van der Waals surface area contributed by atoms with Gasteiger partial charge in [-0.25, -0.2) is 9.37 Å². The summed E-state index contributed by atoms with van der Waals surface area (Å²) in [6, 6.07) is 6.56. The highest BCUT2D eigenvalue weighted by Crippen LogP contribution is 2.35. The van der Waals surface area contributed by atoms with E-state index in [1.165, 1.54) is 13.1 Å². The minimum absolute atomic E-state index is 0.0621. The number of anilines is 3. The zero-order valence-corrected chi connectivity index (χ0v) is 18.1. The number of carbonyl (C=O) groups is 2. The van der Waals surface area contributed by atoms with Crippen LogP contribution in [0.15, 0.2) is 30.5 Å². The van der Waals surface area contributed by atoms with Crippen LogP contribution in [0.25, 0.3) is 0 Å². The van der Waals surface area contributed by atoms with E-state index >= 15 is 0 Å². The number of nitrogens with zero attached hydrogens (tertiary/aromatic N) is 4. The lowest BCUT2D eigenvalue weighted by atomic mass is 10.1. The summed E-state index contributed by atoms with van der Waals surface area (Å²) >= 11 is 0. The van der Waals surface area contributed by atoms with Crippen molar-refractivity contribution in [1.82, 2.24) is 15.2 Å². The number of carbonyl (C=O) groups excluding carboxylic acids is 2. The molecule has 2 N–H and O–H groups in total. The summed E-state index contributed by atoms with van der Waals surface area (Å²) in [5.74, 6) is 0.258. The van der Waals surface area contributed by atoms with Crippen LogP contribution in [0.4, 0.5) is 21.6 Å². The van der Waals surface area contributed by atoms with Crippen molar-refractivity contribution in [2.45, 2.75) is 25.4 Å². The molecule has 4 heterocycles. The Bertz CT molecular complexity index is 1050. The molecule has 9 heteroatoms. The SMILES string of the molecule is CNC(=O)c1ccc(N2CCN(Cc3cnc4c(c3)NC(=O)[C@@H]3CCCN43)CC2)c(F)c1. The van der Waals surface area contributed by atoms with E-state index in [4.69, 9.17) is 0 Å². The van der Waals surface area contributed by atoms with Gasteiger partial charge < -0.3 is 20.4 Å². The Kier molecular flexibility index (Phi) is 5.42. The highest BCUT2D eigenvalue weighted by atomic mass is 19.1. The van der Waals surface area contributed by atoms with Crippen molar-refractivity contribution in [3.63, 3.8) is 0 Å². The molecule has 0 bridgehead atoms. The van der Waals surface area contributed by atoms with Crippen LogP contribution in [0.2, 0.25) is 0 Å². The minimum Gasteiger partial charge on any atom is -0.367 e. The predicted octanol–water partition coefficient (Wildman–Crippen LogP) is 1.82. The molecule has 0 radical (unpaired) electrons. The zero-order valence-electron chi connectivity index (χ0n) is 18.1. The second kappa shape index (κ2) is 8.38. The number of hydrogen-bond donors (Lipinski definition) is 2. The van der Waals surface area contributed by atoms with Crippen molar-refractivity contribution in [2.24, 2.45) is 0 Å². The first-order valence-corrected chi connectivity index (χ1v) is 11.1. The van der Waals surface area contributed by atoms with Gasteiger partial charge in [-0.1, -0.05) is 0 Å². The number of benzene rings is 1. The Labute approximate surface area is 186 Å². The lowest BCUT2D eigenvalue weighted by molar-refractivity contribution is -0.117. The summed E-state index contributed by atoms with van der Waals surface area (Å²) in [7, 11) is 1.53. The molecule has 0 saturated carbocycles. The molecule has 0 spiro atoms. The topological polar surface area (TPSA) is 80.8 Å². The van der Waals surface area contributed by atoms with Gasteiger partial charge in [0.2, 0.25) is 5.91 Å². The van der Waals surface area contributed by atoms with Gasteiger partial charge in [0.1, 0.15) is 11.9 Å². The molecule has 2 fully saturated rings. The fourth-order valence-electron chi connectivity index (χ4n) is 4.87. The van der Waals surface area contributed by atoms with Crippen molar-refractivity contribution in [2.75, 3.05) is 54.9 Å². The Balaban J connectivity index is 1.22. The molecule has 1 aromatic carbocycles. The van der Waals surface area contributed by atoms with Crippen LogP contribution in [0.1, 0.15) is 28.8 Å². The van der Waals surface area contributed by atoms with Crippen LogP contribution in [0, 0.1) is 5.82 Å². The maximum Gasteiger partial charge on any atom is 0.251 e. The highest BCUT2D eigenvalue weighted by molar-refractivity contribution is 6.03. The molecule has 3 aliphatic rings. The maximum atomic E-state index is 14.6. The fourth-order valence-corrected chi connectivity index (χ4v) is 4.87. The summed E-state index contributed by atoms with van der Waals surface area (Å²) in [4.78, 5) is 35.2. The molecule has 2 saturated heterocycles. The average molecular weight is 439 g/mol. The largest absolute Gasteiger partial charge is 0.367 e. The van der Waals surface area contributed by atoms with Gasteiger partial charge in [0, 0.05) is 58.1 Å². The second-order valence-corrected chi connectivity index (χ2v) is 8.56. The van der Waals surface area contributed by atoms with Crippen molar-refractivity contribution in [3.05, 3.63) is 47.4 Å². The summed E-state index contributed by atoms with van der Waals surface area (Å²) in [6.45, 7) is 4.57. The molecule has 1 aromatic heterocycles. The standard InChI is InChI=1S/C23H27FN6O2/c1-25-22(31)16-4-5-19(17(24)12-16)29-9-7-28(8-10-29)14-15-11-18-21(26-13-15)30-6-2-3-20(30)23(32)27-18/h4-5,11-13,20H,2-3,6-10,14H2,1H3,(H,25,31)(H,27,32)/t20-/m0/s1. The number of nitrogens with one attached hydrogen (secondary N) is 2. The number of rotatable bonds is 4. The summed E-state index contributed by atoms with van der Waals surface area (Å²) in [6.07, 6.45) is 3.80. The molecule has 0 unspecified atom stereocenters. The first-order valence-electron chi connectivity index (χ1n) is 11.1. The number of halogens is 1. The number of amides is 2. The lowest BCUT2D eigenvalue weighted by Crippen LogP contribution is -2.46. The molecule has 2 amide bonds. The lowest BCUT2D eigenvalue weighted by Gasteiger charge is -2.36. The van der Waals surface area contributed by atoms with Gasteiger partial charge in [0.15, 0.2) is 5.82 Å². The Hall–Kier alpha value is -3.20. The van der Waals surface area contributed by atoms with E-state index in [1.54, 1.807) is 12.1 Å². The van der Waals surface area contributed by atoms with E-state index in [9.17, 15) is 14.0 Å². The van der Waals surface area contributed by atoms with E-state index in [1.807, 2.05) is 17.2 Å². The van der Waals surface area contributed by atoms with Gasteiger partial charge >= 0.3 is 0 Å². The number of aromatic nitrogens is 1. The van der Waals surface area contributed by atoms with Gasteiger partial charge in [-0.3, -0.25) is 14.5 Å². The third-order valence-electron chi connectivity index (χ3n) is 6.56. The minimum atomic E-state index is -0.380. The molecule has 0 aliphatic carbocycles. The van der Waals surface area contributed by atoms with Crippen LogP contribution < -0.4 is 20.4 Å². The van der Waals surface area contributed by atoms with Crippen LogP contribution in [-0.4, -0.2) is 67.5 Å². The molecule has 32 heavy (non-hydrogen) atoms. The number of piperazine rings is 1. The van der Waals surface area contributed by atoms with E-state index in [0.717, 1.165) is 56.1 Å². The number of hydrogen-bond acceptors (Lipinski definition) is 6. The molecule has 168 valence electrons. The smallest absolute Gasteiger partial charge is 0.251 e. The first kappa shape index (κ1) is 20.7. The molecule has 1 atom stereocenters. The van der Waals surface area contributed by atoms with Gasteiger partial charge in [-0.15, -0.1) is 0 Å². The molecule has 3 aliphatic heterocycles. The van der Waals surface area contributed by atoms with E-state index in [2.05, 4.69) is 25.4 Å². The molecular formula is C23H27FN6O2. The Morgan fingerprint density at radius 1 is 1.22 bits per heavy atom. The van der Waals surface area contributed by atoms with Gasteiger partial charge in [0.05, 0.1) is 11.4 Å². The monoisotopic (exact) mass is 438 g/mol. The molecule has 8 nitrogen and oxygen atoms in total. The van der Waals surface area contributed by atoms with Gasteiger partial charge in [-0.2, -0.15) is 0 Å². The van der Waals surface area contributed by atoms with Gasteiger partial charge in [0.25, 0.3) is 5.91 Å². The van der Waals surface area contributed by atoms with Crippen molar-refractivity contribution < 1.29 is 14.0 Å². The third kappa shape index (κ3) is 3.77. The van der Waals surface area contributed by atoms with E-state index < -0.39 is 0 Å². The number of fused-ring (bicyclic) bond motifs is 3.